The Morgan fingerprint density at radius 3 is 2.50 bits per heavy atom. The molecule has 14 heavy (non-hydrogen) atoms. The highest BCUT2D eigenvalue weighted by Crippen LogP contribution is 2.28. The van der Waals surface area contributed by atoms with Crippen LogP contribution in [-0.4, -0.2) is 11.0 Å². The Labute approximate surface area is 93.2 Å². The van der Waals surface area contributed by atoms with Crippen molar-refractivity contribution in [1.29, 1.82) is 0 Å². The fourth-order valence-corrected chi connectivity index (χ4v) is 1.46. The van der Waals surface area contributed by atoms with Gasteiger partial charge in [0, 0.05) is 12.2 Å². The smallest absolute Gasteiger partial charge is 0.0752 e. The summed E-state index contributed by atoms with van der Waals surface area (Å²) in [4.78, 5) is 3.98. The second-order valence-electron chi connectivity index (χ2n) is 3.76. The number of halogens is 1. The Morgan fingerprint density at radius 1 is 1.36 bits per heavy atom. The van der Waals surface area contributed by atoms with Crippen LogP contribution in [-0.2, 0) is 0 Å². The zero-order valence-electron chi connectivity index (χ0n) is 8.71. The summed E-state index contributed by atoms with van der Waals surface area (Å²) in [6.07, 6.45) is 3.39. The molecule has 1 heterocycles. The summed E-state index contributed by atoms with van der Waals surface area (Å²) >= 11 is 3.42. The molecular weight excluding hydrogens is 242 g/mol. The summed E-state index contributed by atoms with van der Waals surface area (Å²) in [5, 5.41) is 3.37. The summed E-state index contributed by atoms with van der Waals surface area (Å²) in [7, 11) is 0. The summed E-state index contributed by atoms with van der Waals surface area (Å²) in [5.74, 6) is 0.564. The highest BCUT2D eigenvalue weighted by atomic mass is 79.9. The standard InChI is InChI=1S/C10H16BrN3/c1-6(2)7(3)14-10-8(11)4-13-5-9(10)12/h4-7H,12H2,1-3H3,(H,13,14). The lowest BCUT2D eigenvalue weighted by Gasteiger charge is -2.20. The molecule has 3 nitrogen and oxygen atoms in total. The maximum atomic E-state index is 5.81. The Hall–Kier alpha value is -0.770. The SMILES string of the molecule is CC(C)C(C)Nc1c(N)cncc1Br. The van der Waals surface area contributed by atoms with Gasteiger partial charge in [0.05, 0.1) is 22.0 Å². The molecule has 1 unspecified atom stereocenters. The van der Waals surface area contributed by atoms with E-state index in [1.807, 2.05) is 0 Å². The first-order valence-corrected chi connectivity index (χ1v) is 5.47. The van der Waals surface area contributed by atoms with Gasteiger partial charge in [0.2, 0.25) is 0 Å². The Morgan fingerprint density at radius 2 is 2.00 bits per heavy atom. The third kappa shape index (κ3) is 2.61. The van der Waals surface area contributed by atoms with E-state index in [1.165, 1.54) is 0 Å². The van der Waals surface area contributed by atoms with Crippen molar-refractivity contribution in [1.82, 2.24) is 4.98 Å². The van der Waals surface area contributed by atoms with E-state index >= 15 is 0 Å². The zero-order valence-corrected chi connectivity index (χ0v) is 10.3. The summed E-state index contributed by atoms with van der Waals surface area (Å²) in [6, 6.07) is 0.385. The van der Waals surface area contributed by atoms with Gasteiger partial charge in [-0.05, 0) is 28.8 Å². The molecule has 4 heteroatoms. The number of nitrogens with one attached hydrogen (secondary N) is 1. The third-order valence-electron chi connectivity index (χ3n) is 2.30. The highest BCUT2D eigenvalue weighted by molar-refractivity contribution is 9.10. The van der Waals surface area contributed by atoms with Crippen LogP contribution in [0.4, 0.5) is 11.4 Å². The average molecular weight is 258 g/mol. The maximum Gasteiger partial charge on any atom is 0.0752 e. The summed E-state index contributed by atoms with van der Waals surface area (Å²) < 4.78 is 0.907. The number of nitrogen functional groups attached to an aromatic ring is 1. The normalized spacial score (nSPS) is 12.9. The van der Waals surface area contributed by atoms with Crippen LogP contribution in [0.25, 0.3) is 0 Å². The number of nitrogens with zero attached hydrogens (tertiary/aromatic N) is 1. The van der Waals surface area contributed by atoms with Crippen LogP contribution in [0.3, 0.4) is 0 Å². The molecule has 0 fully saturated rings. The number of pyridine rings is 1. The molecule has 1 aromatic rings. The summed E-state index contributed by atoms with van der Waals surface area (Å²) in [5.41, 5.74) is 7.42. The maximum absolute atomic E-state index is 5.81. The van der Waals surface area contributed by atoms with Crippen LogP contribution in [0.1, 0.15) is 20.8 Å². The fraction of sp³-hybridized carbons (Fsp3) is 0.500. The van der Waals surface area contributed by atoms with Crippen molar-refractivity contribution >= 4 is 27.3 Å². The molecule has 0 aromatic carbocycles. The zero-order chi connectivity index (χ0) is 10.7. The molecule has 0 spiro atoms. The lowest BCUT2D eigenvalue weighted by atomic mass is 10.1. The van der Waals surface area contributed by atoms with E-state index in [-0.39, 0.29) is 0 Å². The minimum absolute atomic E-state index is 0.385. The molecule has 0 bridgehead atoms. The first-order chi connectivity index (χ1) is 6.52. The van der Waals surface area contributed by atoms with E-state index in [1.54, 1.807) is 12.4 Å². The monoisotopic (exact) mass is 257 g/mol. The van der Waals surface area contributed by atoms with Crippen LogP contribution in [0, 0.1) is 5.92 Å². The minimum atomic E-state index is 0.385. The molecule has 78 valence electrons. The molecule has 1 aromatic heterocycles. The van der Waals surface area contributed by atoms with Gasteiger partial charge < -0.3 is 11.1 Å². The van der Waals surface area contributed by atoms with E-state index in [9.17, 15) is 0 Å². The van der Waals surface area contributed by atoms with Gasteiger partial charge in [0.25, 0.3) is 0 Å². The van der Waals surface area contributed by atoms with Crippen molar-refractivity contribution in [3.63, 3.8) is 0 Å². The van der Waals surface area contributed by atoms with Gasteiger partial charge >= 0.3 is 0 Å². The number of rotatable bonds is 3. The van der Waals surface area contributed by atoms with Crippen molar-refractivity contribution in [3.05, 3.63) is 16.9 Å². The van der Waals surface area contributed by atoms with E-state index in [4.69, 9.17) is 5.73 Å². The predicted octanol–water partition coefficient (Wildman–Crippen LogP) is 2.88. The van der Waals surface area contributed by atoms with E-state index in [0.29, 0.717) is 17.6 Å². The second kappa shape index (κ2) is 4.64. The minimum Gasteiger partial charge on any atom is -0.396 e. The average Bonchev–Trinajstić information content (AvgIpc) is 2.11. The van der Waals surface area contributed by atoms with Crippen molar-refractivity contribution in [3.8, 4) is 0 Å². The Kier molecular flexibility index (Phi) is 3.75. The first-order valence-electron chi connectivity index (χ1n) is 4.68. The molecule has 0 amide bonds. The topological polar surface area (TPSA) is 50.9 Å². The quantitative estimate of drug-likeness (QED) is 0.876. The van der Waals surface area contributed by atoms with Gasteiger partial charge in [-0.15, -0.1) is 0 Å². The molecule has 0 saturated carbocycles. The van der Waals surface area contributed by atoms with Crippen LogP contribution in [0.2, 0.25) is 0 Å². The van der Waals surface area contributed by atoms with Crippen LogP contribution in [0.15, 0.2) is 16.9 Å². The number of hydrogen-bond donors (Lipinski definition) is 2. The molecule has 1 rings (SSSR count). The van der Waals surface area contributed by atoms with Gasteiger partial charge in [-0.2, -0.15) is 0 Å². The van der Waals surface area contributed by atoms with Gasteiger partial charge in [0.15, 0.2) is 0 Å². The molecule has 0 aliphatic heterocycles. The van der Waals surface area contributed by atoms with Crippen LogP contribution in [0.5, 0.6) is 0 Å². The van der Waals surface area contributed by atoms with Gasteiger partial charge in [-0.1, -0.05) is 13.8 Å². The number of anilines is 2. The van der Waals surface area contributed by atoms with Gasteiger partial charge in [-0.25, -0.2) is 0 Å². The van der Waals surface area contributed by atoms with E-state index in [0.717, 1.165) is 10.2 Å². The second-order valence-corrected chi connectivity index (χ2v) is 4.62. The molecule has 3 N–H and O–H groups in total. The first kappa shape index (κ1) is 11.3. The number of nitrogens with two attached hydrogens (primary N) is 1. The van der Waals surface area contributed by atoms with Crippen molar-refractivity contribution in [2.75, 3.05) is 11.1 Å². The van der Waals surface area contributed by atoms with E-state index < -0.39 is 0 Å². The lowest BCUT2D eigenvalue weighted by Crippen LogP contribution is -2.22. The van der Waals surface area contributed by atoms with Crippen LogP contribution >= 0.6 is 15.9 Å². The highest BCUT2D eigenvalue weighted by Gasteiger charge is 2.10. The lowest BCUT2D eigenvalue weighted by molar-refractivity contribution is 0.560. The molecule has 0 aliphatic rings. The van der Waals surface area contributed by atoms with Gasteiger partial charge in [-0.3, -0.25) is 4.98 Å². The van der Waals surface area contributed by atoms with Crippen LogP contribution < -0.4 is 11.1 Å². The Balaban J connectivity index is 2.85. The van der Waals surface area contributed by atoms with Crippen molar-refractivity contribution < 1.29 is 0 Å². The molecule has 0 aliphatic carbocycles. The van der Waals surface area contributed by atoms with Gasteiger partial charge in [0.1, 0.15) is 0 Å². The van der Waals surface area contributed by atoms with Crippen molar-refractivity contribution in [2.24, 2.45) is 5.92 Å². The third-order valence-corrected chi connectivity index (χ3v) is 2.90. The number of hydrogen-bond acceptors (Lipinski definition) is 3. The largest absolute Gasteiger partial charge is 0.396 e. The molecule has 0 radical (unpaired) electrons. The Bertz CT molecular complexity index is 292. The molecular formula is C10H16BrN3. The number of aromatic nitrogens is 1. The van der Waals surface area contributed by atoms with E-state index in [2.05, 4.69) is 47.0 Å². The fourth-order valence-electron chi connectivity index (χ4n) is 0.997. The molecule has 0 saturated heterocycles. The molecule has 1 atom stereocenters. The predicted molar refractivity (Wildman–Crippen MR) is 64.3 cm³/mol. The summed E-state index contributed by atoms with van der Waals surface area (Å²) in [6.45, 7) is 6.48. The van der Waals surface area contributed by atoms with Crippen molar-refractivity contribution in [2.45, 2.75) is 26.8 Å².